The van der Waals surface area contributed by atoms with Crippen molar-refractivity contribution in [3.8, 4) is 0 Å². The number of thiophene rings is 1. The first-order valence-electron chi connectivity index (χ1n) is 6.28. The molecule has 0 bridgehead atoms. The summed E-state index contributed by atoms with van der Waals surface area (Å²) >= 11 is 1.72. The Morgan fingerprint density at radius 1 is 1.50 bits per heavy atom. The lowest BCUT2D eigenvalue weighted by atomic mass is 10.2. The number of likely N-dealkylation sites (N-methyl/N-ethyl adjacent to an activating group) is 1. The molecule has 2 amide bonds. The highest BCUT2D eigenvalue weighted by Gasteiger charge is 2.16. The molecular formula is C13H23N3OS. The van der Waals surface area contributed by atoms with Crippen LogP contribution in [0.1, 0.15) is 31.2 Å². The zero-order valence-electron chi connectivity index (χ0n) is 11.6. The molecule has 0 fully saturated rings. The maximum Gasteiger partial charge on any atom is 0.315 e. The van der Waals surface area contributed by atoms with Gasteiger partial charge in [-0.15, -0.1) is 11.3 Å². The van der Waals surface area contributed by atoms with Crippen LogP contribution in [0.4, 0.5) is 4.79 Å². The fraction of sp³-hybridized carbons (Fsp3) is 0.615. The third-order valence-electron chi connectivity index (χ3n) is 2.94. The normalized spacial score (nSPS) is 14.3. The lowest BCUT2D eigenvalue weighted by Crippen LogP contribution is -2.43. The smallest absolute Gasteiger partial charge is 0.315 e. The second kappa shape index (κ2) is 7.38. The lowest BCUT2D eigenvalue weighted by Gasteiger charge is -2.24. The third-order valence-corrected chi connectivity index (χ3v) is 3.91. The Morgan fingerprint density at radius 3 is 2.72 bits per heavy atom. The van der Waals surface area contributed by atoms with Gasteiger partial charge in [-0.3, -0.25) is 0 Å². The van der Waals surface area contributed by atoms with Gasteiger partial charge in [0.1, 0.15) is 0 Å². The number of amides is 2. The molecule has 0 radical (unpaired) electrons. The van der Waals surface area contributed by atoms with Crippen molar-refractivity contribution in [3.05, 3.63) is 22.4 Å². The predicted molar refractivity (Wildman–Crippen MR) is 77.0 cm³/mol. The van der Waals surface area contributed by atoms with E-state index in [0.29, 0.717) is 6.54 Å². The number of hydrogen-bond donors (Lipinski definition) is 2. The quantitative estimate of drug-likeness (QED) is 0.833. The average Bonchev–Trinajstić information content (AvgIpc) is 2.82. The fourth-order valence-corrected chi connectivity index (χ4v) is 2.51. The van der Waals surface area contributed by atoms with Gasteiger partial charge in [0.05, 0.1) is 6.04 Å². The molecule has 0 aliphatic carbocycles. The maximum atomic E-state index is 11.7. The van der Waals surface area contributed by atoms with Crippen molar-refractivity contribution in [3.63, 3.8) is 0 Å². The number of carbonyl (C=O) groups is 1. The van der Waals surface area contributed by atoms with E-state index < -0.39 is 0 Å². The molecule has 0 spiro atoms. The zero-order valence-corrected chi connectivity index (χ0v) is 12.4. The van der Waals surface area contributed by atoms with Gasteiger partial charge in [-0.1, -0.05) is 13.0 Å². The first kappa shape index (κ1) is 15.0. The molecule has 0 saturated carbocycles. The molecule has 2 unspecified atom stereocenters. The fourth-order valence-electron chi connectivity index (χ4n) is 1.58. The van der Waals surface area contributed by atoms with Crippen molar-refractivity contribution in [2.24, 2.45) is 0 Å². The number of rotatable bonds is 6. The van der Waals surface area contributed by atoms with Crippen molar-refractivity contribution in [1.29, 1.82) is 0 Å². The van der Waals surface area contributed by atoms with Crippen LogP contribution in [0.25, 0.3) is 0 Å². The number of nitrogens with zero attached hydrogens (tertiary/aromatic N) is 1. The van der Waals surface area contributed by atoms with E-state index in [2.05, 4.69) is 33.9 Å². The largest absolute Gasteiger partial charge is 0.336 e. The number of nitrogens with one attached hydrogen (secondary N) is 2. The van der Waals surface area contributed by atoms with Crippen molar-refractivity contribution >= 4 is 17.4 Å². The molecule has 4 nitrogen and oxygen atoms in total. The molecule has 0 aliphatic rings. The monoisotopic (exact) mass is 269 g/mol. The summed E-state index contributed by atoms with van der Waals surface area (Å²) in [7, 11) is 4.05. The first-order valence-corrected chi connectivity index (χ1v) is 7.16. The van der Waals surface area contributed by atoms with Gasteiger partial charge < -0.3 is 15.5 Å². The molecule has 2 atom stereocenters. The molecule has 1 rings (SSSR count). The van der Waals surface area contributed by atoms with Crippen molar-refractivity contribution in [1.82, 2.24) is 15.5 Å². The van der Waals surface area contributed by atoms with Gasteiger partial charge in [0.2, 0.25) is 0 Å². The van der Waals surface area contributed by atoms with Crippen LogP contribution < -0.4 is 10.6 Å². The maximum absolute atomic E-state index is 11.7. The van der Waals surface area contributed by atoms with E-state index >= 15 is 0 Å². The summed E-state index contributed by atoms with van der Waals surface area (Å²) in [5, 5.41) is 7.90. The van der Waals surface area contributed by atoms with E-state index in [0.717, 1.165) is 6.42 Å². The van der Waals surface area contributed by atoms with Gasteiger partial charge in [0.25, 0.3) is 0 Å². The molecule has 18 heavy (non-hydrogen) atoms. The highest BCUT2D eigenvalue weighted by Crippen LogP contribution is 2.22. The highest BCUT2D eigenvalue weighted by atomic mass is 32.1. The second-order valence-electron chi connectivity index (χ2n) is 4.66. The molecule has 0 aliphatic heterocycles. The Kier molecular flexibility index (Phi) is 6.15. The first-order chi connectivity index (χ1) is 8.54. The molecule has 1 aromatic heterocycles. The van der Waals surface area contributed by atoms with Crippen LogP contribution in [0.5, 0.6) is 0 Å². The number of urea groups is 1. The minimum atomic E-state index is -0.0900. The lowest BCUT2D eigenvalue weighted by molar-refractivity contribution is 0.230. The Hall–Kier alpha value is -1.07. The molecule has 0 aromatic carbocycles. The van der Waals surface area contributed by atoms with Crippen molar-refractivity contribution in [2.45, 2.75) is 32.4 Å². The topological polar surface area (TPSA) is 44.4 Å². The van der Waals surface area contributed by atoms with Crippen molar-refractivity contribution < 1.29 is 4.79 Å². The van der Waals surface area contributed by atoms with E-state index in [1.807, 2.05) is 27.1 Å². The van der Waals surface area contributed by atoms with E-state index in [4.69, 9.17) is 0 Å². The van der Waals surface area contributed by atoms with Crippen LogP contribution >= 0.6 is 11.3 Å². The van der Waals surface area contributed by atoms with E-state index in [9.17, 15) is 4.79 Å². The number of hydrogen-bond acceptors (Lipinski definition) is 3. The van der Waals surface area contributed by atoms with Crippen LogP contribution in [-0.2, 0) is 0 Å². The predicted octanol–water partition coefficient (Wildman–Crippen LogP) is 2.45. The van der Waals surface area contributed by atoms with Crippen LogP contribution in [0.2, 0.25) is 0 Å². The summed E-state index contributed by atoms with van der Waals surface area (Å²) in [6.45, 7) is 4.68. The van der Waals surface area contributed by atoms with Gasteiger partial charge in [0.15, 0.2) is 0 Å². The summed E-state index contributed by atoms with van der Waals surface area (Å²) < 4.78 is 0. The Labute approximate surface area is 113 Å². The summed E-state index contributed by atoms with van der Waals surface area (Å²) in [5.41, 5.74) is 0. The van der Waals surface area contributed by atoms with Gasteiger partial charge >= 0.3 is 6.03 Å². The number of carbonyl (C=O) groups excluding carboxylic acids is 1. The summed E-state index contributed by atoms with van der Waals surface area (Å²) in [4.78, 5) is 15.1. The van der Waals surface area contributed by atoms with Crippen molar-refractivity contribution in [2.75, 3.05) is 20.6 Å². The Bertz CT molecular complexity index is 351. The van der Waals surface area contributed by atoms with E-state index in [1.54, 1.807) is 11.3 Å². The standard InChI is InChI=1S/C13H23N3OS/c1-5-10(2)15-13(17)14-9-11(16(3)4)12-7-6-8-18-12/h6-8,10-11H,5,9H2,1-4H3,(H2,14,15,17). The molecule has 0 saturated heterocycles. The molecule has 1 aromatic rings. The summed E-state index contributed by atoms with van der Waals surface area (Å²) in [6.07, 6.45) is 0.940. The SMILES string of the molecule is CCC(C)NC(=O)NCC(c1cccs1)N(C)C. The zero-order chi connectivity index (χ0) is 13.5. The van der Waals surface area contributed by atoms with Gasteiger partial charge in [0, 0.05) is 17.5 Å². The van der Waals surface area contributed by atoms with Gasteiger partial charge in [-0.25, -0.2) is 4.79 Å². The van der Waals surface area contributed by atoms with Gasteiger partial charge in [-0.2, -0.15) is 0 Å². The van der Waals surface area contributed by atoms with Crippen LogP contribution in [0, 0.1) is 0 Å². The molecular weight excluding hydrogens is 246 g/mol. The van der Waals surface area contributed by atoms with Crippen LogP contribution in [0.15, 0.2) is 17.5 Å². The Morgan fingerprint density at radius 2 is 2.22 bits per heavy atom. The molecule has 102 valence electrons. The second-order valence-corrected chi connectivity index (χ2v) is 5.64. The van der Waals surface area contributed by atoms with E-state index in [-0.39, 0.29) is 18.1 Å². The minimum Gasteiger partial charge on any atom is -0.336 e. The minimum absolute atomic E-state index is 0.0900. The molecule has 2 N–H and O–H groups in total. The van der Waals surface area contributed by atoms with Gasteiger partial charge in [-0.05, 0) is 38.9 Å². The highest BCUT2D eigenvalue weighted by molar-refractivity contribution is 7.10. The average molecular weight is 269 g/mol. The molecule has 1 heterocycles. The van der Waals surface area contributed by atoms with Crippen LogP contribution in [-0.4, -0.2) is 37.6 Å². The summed E-state index contributed by atoms with van der Waals surface area (Å²) in [6, 6.07) is 4.49. The third kappa shape index (κ3) is 4.66. The van der Waals surface area contributed by atoms with Crippen LogP contribution in [0.3, 0.4) is 0 Å². The Balaban J connectivity index is 2.46. The summed E-state index contributed by atoms with van der Waals surface area (Å²) in [5.74, 6) is 0. The van der Waals surface area contributed by atoms with E-state index in [1.165, 1.54) is 4.88 Å². The molecule has 5 heteroatoms.